The maximum Gasteiger partial charge on any atom is 0.0541 e. The number of benzene rings is 6. The quantitative estimate of drug-likeness (QED) is 0.190. The van der Waals surface area contributed by atoms with Crippen LogP contribution in [0.25, 0.3) is 38.6 Å². The van der Waals surface area contributed by atoms with E-state index >= 15 is 0 Å². The lowest BCUT2D eigenvalue weighted by Gasteiger charge is -2.29. The molecule has 2 nitrogen and oxygen atoms in total. The van der Waals surface area contributed by atoms with Crippen LogP contribution in [0.4, 0.5) is 11.4 Å². The van der Waals surface area contributed by atoms with Crippen LogP contribution in [0.3, 0.4) is 0 Å². The van der Waals surface area contributed by atoms with Crippen molar-refractivity contribution in [3.8, 4) is 16.8 Å². The van der Waals surface area contributed by atoms with Crippen molar-refractivity contribution < 1.29 is 0 Å². The summed E-state index contributed by atoms with van der Waals surface area (Å²) in [4.78, 5) is 2.38. The van der Waals surface area contributed by atoms with Crippen LogP contribution in [-0.2, 0) is 5.41 Å². The van der Waals surface area contributed by atoms with E-state index in [1.54, 1.807) is 0 Å². The fraction of sp³-hybridized carbons (Fsp3) is 0.111. The van der Waals surface area contributed by atoms with Crippen molar-refractivity contribution in [2.24, 2.45) is 0 Å². The van der Waals surface area contributed by atoms with Crippen LogP contribution < -0.4 is 4.90 Å². The molecule has 0 fully saturated rings. The second kappa shape index (κ2) is 10.7. The molecule has 0 bridgehead atoms. The number of para-hydroxylation sites is 3. The Labute approximate surface area is 276 Å². The molecule has 1 heterocycles. The van der Waals surface area contributed by atoms with Gasteiger partial charge >= 0.3 is 0 Å². The molecule has 0 spiro atoms. The van der Waals surface area contributed by atoms with E-state index in [9.17, 15) is 0 Å². The van der Waals surface area contributed by atoms with Crippen LogP contribution in [0.15, 0.2) is 170 Å². The lowest BCUT2D eigenvalue weighted by atomic mass is 9.81. The molecule has 9 rings (SSSR count). The predicted molar refractivity (Wildman–Crippen MR) is 198 cm³/mol. The van der Waals surface area contributed by atoms with Crippen molar-refractivity contribution in [1.82, 2.24) is 4.57 Å². The fourth-order valence-corrected chi connectivity index (χ4v) is 7.97. The van der Waals surface area contributed by atoms with E-state index in [0.29, 0.717) is 5.92 Å². The Morgan fingerprint density at radius 1 is 0.596 bits per heavy atom. The third-order valence-corrected chi connectivity index (χ3v) is 10.3. The van der Waals surface area contributed by atoms with E-state index in [1.807, 2.05) is 0 Å². The van der Waals surface area contributed by atoms with E-state index in [-0.39, 0.29) is 5.41 Å². The molecule has 0 amide bonds. The maximum atomic E-state index is 2.44. The fourth-order valence-electron chi connectivity index (χ4n) is 7.97. The van der Waals surface area contributed by atoms with Crippen LogP contribution >= 0.6 is 0 Å². The number of hydrogen-bond donors (Lipinski definition) is 0. The molecule has 0 radical (unpaired) electrons. The van der Waals surface area contributed by atoms with E-state index in [4.69, 9.17) is 0 Å². The summed E-state index contributed by atoms with van der Waals surface area (Å²) in [6.45, 7) is 4.70. The molecular weight excluding hydrogens is 569 g/mol. The van der Waals surface area contributed by atoms with Gasteiger partial charge in [-0.1, -0.05) is 123 Å². The van der Waals surface area contributed by atoms with E-state index in [1.165, 1.54) is 55.3 Å². The standard InChI is InChI=1S/C45H36N2/c1-45(2)41-17-9-6-14-37(41)40-30-32(22-29-42(40)45)31-20-23-34(24-21-31)46(33-12-4-3-5-13-33)35-25-27-36(28-26-35)47-43-18-10-7-15-38(43)39-16-8-11-19-44(39)47/h3-20,22-31H,21H2,1-2H3. The summed E-state index contributed by atoms with van der Waals surface area (Å²) < 4.78 is 2.38. The Kier molecular flexibility index (Phi) is 6.33. The second-order valence-electron chi connectivity index (χ2n) is 13.4. The highest BCUT2D eigenvalue weighted by atomic mass is 15.1. The largest absolute Gasteiger partial charge is 0.311 e. The van der Waals surface area contributed by atoms with Crippen molar-refractivity contribution in [2.75, 3.05) is 4.90 Å². The monoisotopic (exact) mass is 604 g/mol. The van der Waals surface area contributed by atoms with Crippen molar-refractivity contribution in [3.05, 3.63) is 186 Å². The molecule has 7 aromatic rings. The molecule has 1 unspecified atom stereocenters. The van der Waals surface area contributed by atoms with Gasteiger partial charge in [0.05, 0.1) is 11.0 Å². The van der Waals surface area contributed by atoms with Crippen LogP contribution in [0.2, 0.25) is 0 Å². The van der Waals surface area contributed by atoms with Gasteiger partial charge in [-0.05, 0) is 88.8 Å². The number of nitrogens with zero attached hydrogens (tertiary/aromatic N) is 2. The first-order chi connectivity index (χ1) is 23.1. The van der Waals surface area contributed by atoms with Gasteiger partial charge in [0.25, 0.3) is 0 Å². The summed E-state index contributed by atoms with van der Waals surface area (Å²) in [6, 6.07) is 53.2. The zero-order valence-corrected chi connectivity index (χ0v) is 26.8. The van der Waals surface area contributed by atoms with Gasteiger partial charge in [0.15, 0.2) is 0 Å². The minimum absolute atomic E-state index is 0.0349. The van der Waals surface area contributed by atoms with Crippen molar-refractivity contribution in [2.45, 2.75) is 31.6 Å². The molecule has 2 heteroatoms. The Balaban J connectivity index is 1.05. The van der Waals surface area contributed by atoms with Crippen LogP contribution in [0.1, 0.15) is 42.9 Å². The van der Waals surface area contributed by atoms with Gasteiger partial charge in [-0.3, -0.25) is 0 Å². The molecule has 47 heavy (non-hydrogen) atoms. The molecule has 0 aliphatic heterocycles. The highest BCUT2D eigenvalue weighted by Crippen LogP contribution is 2.49. The lowest BCUT2D eigenvalue weighted by molar-refractivity contribution is 0.660. The average molecular weight is 605 g/mol. The van der Waals surface area contributed by atoms with Gasteiger partial charge in [0.1, 0.15) is 0 Å². The maximum absolute atomic E-state index is 2.44. The molecule has 226 valence electrons. The molecule has 6 aromatic carbocycles. The molecule has 2 aliphatic rings. The van der Waals surface area contributed by atoms with E-state index in [0.717, 1.165) is 23.5 Å². The molecule has 1 atom stereocenters. The van der Waals surface area contributed by atoms with Gasteiger partial charge in [-0.25, -0.2) is 0 Å². The normalized spacial score (nSPS) is 16.2. The highest BCUT2D eigenvalue weighted by molar-refractivity contribution is 6.09. The van der Waals surface area contributed by atoms with Gasteiger partial charge in [-0.15, -0.1) is 0 Å². The number of allylic oxidation sites excluding steroid dienone is 3. The molecule has 1 aromatic heterocycles. The van der Waals surface area contributed by atoms with Crippen LogP contribution in [0.5, 0.6) is 0 Å². The summed E-state index contributed by atoms with van der Waals surface area (Å²) in [7, 11) is 0. The Bertz CT molecular complexity index is 2300. The first kappa shape index (κ1) is 27.7. The molecule has 2 aliphatic carbocycles. The van der Waals surface area contributed by atoms with Gasteiger partial charge in [0.2, 0.25) is 0 Å². The lowest BCUT2D eigenvalue weighted by Crippen LogP contribution is -2.17. The number of fused-ring (bicyclic) bond motifs is 6. The zero-order chi connectivity index (χ0) is 31.5. The van der Waals surface area contributed by atoms with Crippen molar-refractivity contribution >= 4 is 33.2 Å². The van der Waals surface area contributed by atoms with Crippen LogP contribution in [-0.4, -0.2) is 4.57 Å². The summed E-state index contributed by atoms with van der Waals surface area (Å²) in [5, 5.41) is 2.56. The Hall–Kier alpha value is -5.60. The molecule has 0 saturated carbocycles. The summed E-state index contributed by atoms with van der Waals surface area (Å²) in [5.74, 6) is 0.343. The number of hydrogen-bond acceptors (Lipinski definition) is 1. The van der Waals surface area contributed by atoms with Crippen molar-refractivity contribution in [1.29, 1.82) is 0 Å². The number of aromatic nitrogens is 1. The SMILES string of the molecule is CC1(C)c2ccccc2-c2cc(C3C=CC(N(c4ccccc4)c4ccc(-n5c6ccccc6c6ccccc65)cc4)=CC3)ccc21. The predicted octanol–water partition coefficient (Wildman–Crippen LogP) is 11.9. The third-order valence-electron chi connectivity index (χ3n) is 10.3. The summed E-state index contributed by atoms with van der Waals surface area (Å²) in [6.07, 6.45) is 8.07. The Morgan fingerprint density at radius 2 is 1.21 bits per heavy atom. The van der Waals surface area contributed by atoms with Gasteiger partial charge in [-0.2, -0.15) is 0 Å². The number of anilines is 2. The zero-order valence-electron chi connectivity index (χ0n) is 26.8. The minimum Gasteiger partial charge on any atom is -0.311 e. The smallest absolute Gasteiger partial charge is 0.0541 e. The van der Waals surface area contributed by atoms with Gasteiger partial charge < -0.3 is 9.47 Å². The van der Waals surface area contributed by atoms with E-state index in [2.05, 4.69) is 187 Å². The minimum atomic E-state index is 0.0349. The second-order valence-corrected chi connectivity index (χ2v) is 13.4. The topological polar surface area (TPSA) is 8.17 Å². The van der Waals surface area contributed by atoms with Crippen LogP contribution in [0, 0.1) is 0 Å². The Morgan fingerprint density at radius 3 is 1.91 bits per heavy atom. The number of rotatable bonds is 5. The van der Waals surface area contributed by atoms with E-state index < -0.39 is 0 Å². The summed E-state index contributed by atoms with van der Waals surface area (Å²) >= 11 is 0. The molecular formula is C45H36N2. The third kappa shape index (κ3) is 4.40. The summed E-state index contributed by atoms with van der Waals surface area (Å²) in [5.41, 5.74) is 14.2. The first-order valence-corrected chi connectivity index (χ1v) is 16.6. The highest BCUT2D eigenvalue weighted by Gasteiger charge is 2.35. The van der Waals surface area contributed by atoms with Crippen molar-refractivity contribution in [3.63, 3.8) is 0 Å². The molecule has 0 saturated heterocycles. The average Bonchev–Trinajstić information content (AvgIpc) is 3.58. The van der Waals surface area contributed by atoms with Gasteiger partial charge in [0, 0.05) is 44.9 Å². The molecule has 0 N–H and O–H groups in total. The first-order valence-electron chi connectivity index (χ1n) is 16.6.